The van der Waals surface area contributed by atoms with Crippen LogP contribution in [0.25, 0.3) is 5.57 Å². The molecule has 20 heavy (non-hydrogen) atoms. The Balaban J connectivity index is 2.23. The quantitative estimate of drug-likeness (QED) is 0.757. The molecule has 0 aromatic heterocycles. The van der Waals surface area contributed by atoms with Crippen molar-refractivity contribution in [2.45, 2.75) is 12.5 Å². The number of aliphatic carboxylic acids is 2. The summed E-state index contributed by atoms with van der Waals surface area (Å²) in [5.74, 6) is -2.68. The van der Waals surface area contributed by atoms with E-state index in [0.29, 0.717) is 6.54 Å². The third-order valence-electron chi connectivity index (χ3n) is 3.77. The number of carboxylic acids is 2. The molecule has 0 bridgehead atoms. The minimum Gasteiger partial charge on any atom is -0.481 e. The van der Waals surface area contributed by atoms with Gasteiger partial charge in [-0.05, 0) is 11.1 Å². The molecular weight excluding hydrogens is 258 g/mol. The highest BCUT2D eigenvalue weighted by molar-refractivity contribution is 5.78. The highest BCUT2D eigenvalue weighted by Gasteiger charge is 2.42. The summed E-state index contributed by atoms with van der Waals surface area (Å²) in [4.78, 5) is 22.2. The first-order chi connectivity index (χ1) is 9.50. The van der Waals surface area contributed by atoms with E-state index in [-0.39, 0.29) is 12.3 Å². The summed E-state index contributed by atoms with van der Waals surface area (Å²) < 4.78 is 0. The standard InChI is InChI=1S/C15H17NO4/c1-9(10-5-3-2-4-6-10)12-8-16-14(15(19)20)11(12)7-13(17)18/h2-6,11-12,14,16H,1,7-8H2,(H,17,18)(H,19,20)/t11-,12+,14-/m1/s1. The fraction of sp³-hybridized carbons (Fsp3) is 0.333. The zero-order valence-corrected chi connectivity index (χ0v) is 11.0. The Morgan fingerprint density at radius 2 is 1.90 bits per heavy atom. The SMILES string of the molecule is C=C(c1ccccc1)[C@@H]1CN[C@@H](C(=O)O)[C@@H]1CC(=O)O. The van der Waals surface area contributed by atoms with Crippen LogP contribution in [0.4, 0.5) is 0 Å². The third kappa shape index (κ3) is 2.88. The van der Waals surface area contributed by atoms with E-state index < -0.39 is 23.9 Å². The fourth-order valence-electron chi connectivity index (χ4n) is 2.77. The fourth-order valence-corrected chi connectivity index (χ4v) is 2.77. The molecule has 1 fully saturated rings. The Bertz CT molecular complexity index is 526. The zero-order valence-electron chi connectivity index (χ0n) is 11.0. The van der Waals surface area contributed by atoms with Gasteiger partial charge in [0.2, 0.25) is 0 Å². The first-order valence-corrected chi connectivity index (χ1v) is 6.43. The van der Waals surface area contributed by atoms with Gasteiger partial charge in [0.1, 0.15) is 6.04 Å². The molecule has 0 amide bonds. The molecule has 3 N–H and O–H groups in total. The molecule has 1 saturated heterocycles. The lowest BCUT2D eigenvalue weighted by Gasteiger charge is -2.22. The van der Waals surface area contributed by atoms with Crippen LogP contribution >= 0.6 is 0 Å². The Hall–Kier alpha value is -2.14. The molecule has 0 spiro atoms. The molecule has 0 radical (unpaired) electrons. The predicted octanol–water partition coefficient (Wildman–Crippen LogP) is 1.46. The van der Waals surface area contributed by atoms with Crippen molar-refractivity contribution in [3.05, 3.63) is 42.5 Å². The molecule has 3 atom stereocenters. The average Bonchev–Trinajstić information content (AvgIpc) is 2.82. The first kappa shape index (κ1) is 14.3. The molecule has 1 aliphatic heterocycles. The van der Waals surface area contributed by atoms with Gasteiger partial charge in [0.05, 0.1) is 6.42 Å². The Morgan fingerprint density at radius 3 is 2.45 bits per heavy atom. The molecular formula is C15H17NO4. The number of hydrogen-bond acceptors (Lipinski definition) is 3. The van der Waals surface area contributed by atoms with Crippen molar-refractivity contribution in [2.75, 3.05) is 6.54 Å². The summed E-state index contributed by atoms with van der Waals surface area (Å²) in [5.41, 5.74) is 1.70. The van der Waals surface area contributed by atoms with E-state index in [1.165, 1.54) is 0 Å². The molecule has 5 nitrogen and oxygen atoms in total. The smallest absolute Gasteiger partial charge is 0.321 e. The van der Waals surface area contributed by atoms with Crippen molar-refractivity contribution in [3.63, 3.8) is 0 Å². The van der Waals surface area contributed by atoms with E-state index in [2.05, 4.69) is 11.9 Å². The normalized spacial score (nSPS) is 25.3. The molecule has 1 aliphatic rings. The van der Waals surface area contributed by atoms with Gasteiger partial charge in [0.15, 0.2) is 0 Å². The summed E-state index contributed by atoms with van der Waals surface area (Å²) in [6, 6.07) is 8.60. The Kier molecular flexibility index (Phi) is 4.20. The first-order valence-electron chi connectivity index (χ1n) is 6.43. The summed E-state index contributed by atoms with van der Waals surface area (Å²) in [6.07, 6.45) is -0.180. The van der Waals surface area contributed by atoms with Gasteiger partial charge in [-0.2, -0.15) is 0 Å². The van der Waals surface area contributed by atoms with Gasteiger partial charge in [0.25, 0.3) is 0 Å². The van der Waals surface area contributed by atoms with Crippen molar-refractivity contribution < 1.29 is 19.8 Å². The van der Waals surface area contributed by atoms with Crippen molar-refractivity contribution in [1.29, 1.82) is 0 Å². The molecule has 0 unspecified atom stereocenters. The lowest BCUT2D eigenvalue weighted by molar-refractivity contribution is -0.142. The Labute approximate surface area is 116 Å². The molecule has 1 heterocycles. The number of carboxylic acid groups (broad SMARTS) is 2. The van der Waals surface area contributed by atoms with Gasteiger partial charge in [-0.15, -0.1) is 0 Å². The third-order valence-corrected chi connectivity index (χ3v) is 3.77. The monoisotopic (exact) mass is 275 g/mol. The summed E-state index contributed by atoms with van der Waals surface area (Å²) in [7, 11) is 0. The van der Waals surface area contributed by atoms with Gasteiger partial charge in [-0.1, -0.05) is 36.9 Å². The second-order valence-electron chi connectivity index (χ2n) is 4.98. The van der Waals surface area contributed by atoms with Gasteiger partial charge >= 0.3 is 11.9 Å². The molecule has 5 heteroatoms. The maximum atomic E-state index is 11.2. The van der Waals surface area contributed by atoms with E-state index in [1.807, 2.05) is 30.3 Å². The van der Waals surface area contributed by atoms with Crippen molar-refractivity contribution in [1.82, 2.24) is 5.32 Å². The summed E-state index contributed by atoms with van der Waals surface area (Å²) in [6.45, 7) is 4.47. The van der Waals surface area contributed by atoms with Crippen LogP contribution in [0, 0.1) is 11.8 Å². The van der Waals surface area contributed by atoms with Crippen LogP contribution < -0.4 is 5.32 Å². The second kappa shape index (κ2) is 5.88. The van der Waals surface area contributed by atoms with Crippen LogP contribution in [0.1, 0.15) is 12.0 Å². The van der Waals surface area contributed by atoms with Crippen LogP contribution in [0.15, 0.2) is 36.9 Å². The van der Waals surface area contributed by atoms with Crippen LogP contribution in [0.3, 0.4) is 0 Å². The van der Waals surface area contributed by atoms with Crippen LogP contribution in [-0.2, 0) is 9.59 Å². The van der Waals surface area contributed by atoms with Crippen LogP contribution in [0.2, 0.25) is 0 Å². The van der Waals surface area contributed by atoms with Gasteiger partial charge in [-0.3, -0.25) is 9.59 Å². The maximum Gasteiger partial charge on any atom is 0.321 e. The molecule has 1 aromatic carbocycles. The van der Waals surface area contributed by atoms with Gasteiger partial charge < -0.3 is 15.5 Å². The molecule has 2 rings (SSSR count). The zero-order chi connectivity index (χ0) is 14.7. The van der Waals surface area contributed by atoms with Crippen LogP contribution in [-0.4, -0.2) is 34.7 Å². The Morgan fingerprint density at radius 1 is 1.25 bits per heavy atom. The second-order valence-corrected chi connectivity index (χ2v) is 4.98. The number of carbonyl (C=O) groups is 2. The van der Waals surface area contributed by atoms with E-state index in [0.717, 1.165) is 11.1 Å². The number of nitrogens with one attached hydrogen (secondary N) is 1. The molecule has 0 aliphatic carbocycles. The average molecular weight is 275 g/mol. The number of benzene rings is 1. The predicted molar refractivity (Wildman–Crippen MR) is 74.1 cm³/mol. The summed E-state index contributed by atoms with van der Waals surface area (Å²) >= 11 is 0. The lowest BCUT2D eigenvalue weighted by Crippen LogP contribution is -2.36. The van der Waals surface area contributed by atoms with Crippen molar-refractivity contribution in [2.24, 2.45) is 11.8 Å². The largest absolute Gasteiger partial charge is 0.481 e. The maximum absolute atomic E-state index is 11.2. The van der Waals surface area contributed by atoms with Crippen molar-refractivity contribution >= 4 is 17.5 Å². The highest BCUT2D eigenvalue weighted by Crippen LogP contribution is 2.35. The van der Waals surface area contributed by atoms with Crippen LogP contribution in [0.5, 0.6) is 0 Å². The van der Waals surface area contributed by atoms with E-state index in [9.17, 15) is 14.7 Å². The lowest BCUT2D eigenvalue weighted by atomic mass is 9.81. The summed E-state index contributed by atoms with van der Waals surface area (Å²) in [5, 5.41) is 21.1. The molecule has 106 valence electrons. The minimum atomic E-state index is -1.01. The van der Waals surface area contributed by atoms with Crippen molar-refractivity contribution in [3.8, 4) is 0 Å². The highest BCUT2D eigenvalue weighted by atomic mass is 16.4. The molecule has 1 aromatic rings. The number of hydrogen-bond donors (Lipinski definition) is 3. The minimum absolute atomic E-state index is 0.180. The van der Waals surface area contributed by atoms with E-state index >= 15 is 0 Å². The number of rotatable bonds is 5. The van der Waals surface area contributed by atoms with E-state index in [4.69, 9.17) is 5.11 Å². The van der Waals surface area contributed by atoms with Gasteiger partial charge in [-0.25, -0.2) is 0 Å². The topological polar surface area (TPSA) is 86.6 Å². The van der Waals surface area contributed by atoms with E-state index in [1.54, 1.807) is 0 Å². The molecule has 0 saturated carbocycles. The van der Waals surface area contributed by atoms with Gasteiger partial charge in [0, 0.05) is 18.4 Å².